The Morgan fingerprint density at radius 1 is 1.41 bits per heavy atom. The Labute approximate surface area is 107 Å². The van der Waals surface area contributed by atoms with Crippen molar-refractivity contribution in [2.75, 3.05) is 24.3 Å². The molecule has 1 aromatic rings. The number of nitrogens with one attached hydrogen (secondary N) is 1. The number of rotatable bonds is 6. The van der Waals surface area contributed by atoms with Crippen molar-refractivity contribution in [3.63, 3.8) is 0 Å². The number of benzene rings is 1. The fourth-order valence-electron chi connectivity index (χ4n) is 1.42. The van der Waals surface area contributed by atoms with E-state index in [1.54, 1.807) is 36.9 Å². The van der Waals surface area contributed by atoms with Crippen molar-refractivity contribution in [2.45, 2.75) is 18.2 Å². The highest BCUT2D eigenvalue weighted by Crippen LogP contribution is 2.20. The molecule has 0 aromatic heterocycles. The smallest absolute Gasteiger partial charge is 0.240 e. The standard InChI is InChI=1S/C11H18N2O2S2/c1-9-10(12)5-3-6-11(9)17(14,15)13-7-4-8-16-2/h3,5-6,13H,4,7-8,12H2,1-2H3. The first-order valence-corrected chi connectivity index (χ1v) is 8.20. The number of nitrogens with two attached hydrogens (primary N) is 1. The van der Waals surface area contributed by atoms with Gasteiger partial charge < -0.3 is 5.73 Å². The lowest BCUT2D eigenvalue weighted by atomic mass is 10.2. The number of sulfonamides is 1. The number of thioether (sulfide) groups is 1. The largest absolute Gasteiger partial charge is 0.398 e. The van der Waals surface area contributed by atoms with Gasteiger partial charge in [-0.1, -0.05) is 6.07 Å². The molecule has 0 aliphatic heterocycles. The van der Waals surface area contributed by atoms with E-state index in [1.807, 2.05) is 6.26 Å². The van der Waals surface area contributed by atoms with Crippen LogP contribution in [-0.4, -0.2) is 27.0 Å². The van der Waals surface area contributed by atoms with Gasteiger partial charge in [-0.05, 0) is 43.0 Å². The maximum Gasteiger partial charge on any atom is 0.240 e. The molecule has 0 unspecified atom stereocenters. The van der Waals surface area contributed by atoms with Gasteiger partial charge in [0.1, 0.15) is 0 Å². The number of hydrogen-bond acceptors (Lipinski definition) is 4. The first-order valence-electron chi connectivity index (χ1n) is 5.32. The van der Waals surface area contributed by atoms with Gasteiger partial charge in [-0.2, -0.15) is 11.8 Å². The van der Waals surface area contributed by atoms with Gasteiger partial charge in [0.15, 0.2) is 0 Å². The lowest BCUT2D eigenvalue weighted by Crippen LogP contribution is -2.26. The molecule has 17 heavy (non-hydrogen) atoms. The van der Waals surface area contributed by atoms with Gasteiger partial charge in [0, 0.05) is 12.2 Å². The summed E-state index contributed by atoms with van der Waals surface area (Å²) < 4.78 is 26.6. The number of hydrogen-bond donors (Lipinski definition) is 2. The van der Waals surface area contributed by atoms with E-state index >= 15 is 0 Å². The van der Waals surface area contributed by atoms with Crippen molar-refractivity contribution in [1.82, 2.24) is 4.72 Å². The average molecular weight is 274 g/mol. The van der Waals surface area contributed by atoms with Crippen molar-refractivity contribution < 1.29 is 8.42 Å². The van der Waals surface area contributed by atoms with Crippen LogP contribution in [0.15, 0.2) is 23.1 Å². The molecule has 0 spiro atoms. The molecule has 0 amide bonds. The second-order valence-corrected chi connectivity index (χ2v) is 6.44. The second-order valence-electron chi connectivity index (χ2n) is 3.71. The molecule has 0 saturated heterocycles. The monoisotopic (exact) mass is 274 g/mol. The molecule has 96 valence electrons. The Balaban J connectivity index is 2.79. The summed E-state index contributed by atoms with van der Waals surface area (Å²) in [5, 5.41) is 0. The van der Waals surface area contributed by atoms with Crippen LogP contribution in [0.4, 0.5) is 5.69 Å². The molecule has 0 fully saturated rings. The molecule has 0 heterocycles. The van der Waals surface area contributed by atoms with Crippen LogP contribution in [-0.2, 0) is 10.0 Å². The molecule has 4 nitrogen and oxygen atoms in total. The van der Waals surface area contributed by atoms with Crippen molar-refractivity contribution >= 4 is 27.5 Å². The van der Waals surface area contributed by atoms with Gasteiger partial charge in [0.2, 0.25) is 10.0 Å². The summed E-state index contributed by atoms with van der Waals surface area (Å²) in [6.45, 7) is 2.17. The van der Waals surface area contributed by atoms with Gasteiger partial charge in [0.05, 0.1) is 4.90 Å². The highest BCUT2D eigenvalue weighted by atomic mass is 32.2. The normalized spacial score (nSPS) is 11.6. The maximum atomic E-state index is 12.0. The van der Waals surface area contributed by atoms with Crippen LogP contribution in [0.2, 0.25) is 0 Å². The lowest BCUT2D eigenvalue weighted by molar-refractivity contribution is 0.580. The zero-order chi connectivity index (χ0) is 12.9. The highest BCUT2D eigenvalue weighted by molar-refractivity contribution is 7.98. The van der Waals surface area contributed by atoms with Gasteiger partial charge in [-0.3, -0.25) is 0 Å². The number of nitrogen functional groups attached to an aromatic ring is 1. The van der Waals surface area contributed by atoms with Gasteiger partial charge in [0.25, 0.3) is 0 Å². The summed E-state index contributed by atoms with van der Waals surface area (Å²) in [7, 11) is -3.43. The molecule has 0 aliphatic carbocycles. The Morgan fingerprint density at radius 3 is 2.76 bits per heavy atom. The summed E-state index contributed by atoms with van der Waals surface area (Å²) in [6.07, 6.45) is 2.82. The molecule has 0 aliphatic rings. The zero-order valence-electron chi connectivity index (χ0n) is 10.1. The number of anilines is 1. The molecular formula is C11H18N2O2S2. The van der Waals surface area contributed by atoms with Gasteiger partial charge >= 0.3 is 0 Å². The minimum atomic E-state index is -3.43. The van der Waals surface area contributed by atoms with Crippen LogP contribution in [0.1, 0.15) is 12.0 Å². The SMILES string of the molecule is CSCCCNS(=O)(=O)c1cccc(N)c1C. The van der Waals surface area contributed by atoms with E-state index in [0.717, 1.165) is 12.2 Å². The van der Waals surface area contributed by atoms with E-state index in [0.29, 0.717) is 17.8 Å². The van der Waals surface area contributed by atoms with Crippen LogP contribution in [0.3, 0.4) is 0 Å². The Hall–Kier alpha value is -0.720. The lowest BCUT2D eigenvalue weighted by Gasteiger charge is -2.10. The van der Waals surface area contributed by atoms with Crippen molar-refractivity contribution in [2.24, 2.45) is 0 Å². The van der Waals surface area contributed by atoms with Crippen LogP contribution < -0.4 is 10.5 Å². The van der Waals surface area contributed by atoms with Crippen molar-refractivity contribution in [3.05, 3.63) is 23.8 Å². The molecule has 0 saturated carbocycles. The van der Waals surface area contributed by atoms with Crippen LogP contribution in [0, 0.1) is 6.92 Å². The fraction of sp³-hybridized carbons (Fsp3) is 0.455. The fourth-order valence-corrected chi connectivity index (χ4v) is 3.20. The highest BCUT2D eigenvalue weighted by Gasteiger charge is 2.16. The predicted octanol–water partition coefficient (Wildman–Crippen LogP) is 1.61. The van der Waals surface area contributed by atoms with E-state index < -0.39 is 10.0 Å². The van der Waals surface area contributed by atoms with Crippen LogP contribution in [0.5, 0.6) is 0 Å². The zero-order valence-corrected chi connectivity index (χ0v) is 11.7. The maximum absolute atomic E-state index is 12.0. The van der Waals surface area contributed by atoms with Crippen molar-refractivity contribution in [1.29, 1.82) is 0 Å². The summed E-state index contributed by atoms with van der Waals surface area (Å²) in [6, 6.07) is 4.92. The molecular weight excluding hydrogens is 256 g/mol. The minimum Gasteiger partial charge on any atom is -0.398 e. The molecule has 0 atom stereocenters. The van der Waals surface area contributed by atoms with Crippen LogP contribution >= 0.6 is 11.8 Å². The van der Waals surface area contributed by atoms with E-state index in [1.165, 1.54) is 0 Å². The Bertz CT molecular complexity index is 472. The summed E-state index contributed by atoms with van der Waals surface area (Å²) in [5.74, 6) is 0.943. The van der Waals surface area contributed by atoms with E-state index in [-0.39, 0.29) is 4.90 Å². The molecule has 3 N–H and O–H groups in total. The molecule has 1 rings (SSSR count). The molecule has 0 radical (unpaired) electrons. The van der Waals surface area contributed by atoms with Gasteiger partial charge in [-0.15, -0.1) is 0 Å². The summed E-state index contributed by atoms with van der Waals surface area (Å²) in [5.41, 5.74) is 6.80. The summed E-state index contributed by atoms with van der Waals surface area (Å²) >= 11 is 1.70. The van der Waals surface area contributed by atoms with E-state index in [2.05, 4.69) is 4.72 Å². The minimum absolute atomic E-state index is 0.265. The van der Waals surface area contributed by atoms with Crippen molar-refractivity contribution in [3.8, 4) is 0 Å². The molecule has 0 bridgehead atoms. The van der Waals surface area contributed by atoms with E-state index in [4.69, 9.17) is 5.73 Å². The second kappa shape index (κ2) is 6.28. The van der Waals surface area contributed by atoms with E-state index in [9.17, 15) is 8.42 Å². The molecule has 6 heteroatoms. The first-order chi connectivity index (χ1) is 7.99. The molecule has 1 aromatic carbocycles. The quantitative estimate of drug-likeness (QED) is 0.610. The third-order valence-electron chi connectivity index (χ3n) is 2.43. The first kappa shape index (κ1) is 14.3. The topological polar surface area (TPSA) is 72.2 Å². The predicted molar refractivity (Wildman–Crippen MR) is 73.8 cm³/mol. The average Bonchev–Trinajstić information content (AvgIpc) is 2.28. The Morgan fingerprint density at radius 2 is 2.12 bits per heavy atom. The third kappa shape index (κ3) is 3.90. The van der Waals surface area contributed by atoms with Gasteiger partial charge in [-0.25, -0.2) is 13.1 Å². The van der Waals surface area contributed by atoms with Crippen LogP contribution in [0.25, 0.3) is 0 Å². The Kier molecular flexibility index (Phi) is 5.30. The third-order valence-corrected chi connectivity index (χ3v) is 4.74. The summed E-state index contributed by atoms with van der Waals surface area (Å²) in [4.78, 5) is 0.265.